The van der Waals surface area contributed by atoms with Crippen molar-refractivity contribution < 1.29 is 0 Å². The van der Waals surface area contributed by atoms with E-state index in [1.54, 1.807) is 6.20 Å². The predicted octanol–water partition coefficient (Wildman–Crippen LogP) is 3.61. The third-order valence-electron chi connectivity index (χ3n) is 2.21. The average molecular weight is 194 g/mol. The second kappa shape index (κ2) is 3.93. The first-order chi connectivity index (χ1) is 7.29. The molecule has 1 aromatic carbocycles. The summed E-state index contributed by atoms with van der Waals surface area (Å²) in [7, 11) is 0. The highest BCUT2D eigenvalue weighted by Crippen LogP contribution is 2.21. The Morgan fingerprint density at radius 3 is 2.47 bits per heavy atom. The molecule has 15 heavy (non-hydrogen) atoms. The molecule has 0 aliphatic carbocycles. The highest BCUT2D eigenvalue weighted by atomic mass is 14.7. The van der Waals surface area contributed by atoms with Gasteiger partial charge in [0.05, 0.1) is 12.3 Å². The lowest BCUT2D eigenvalue weighted by atomic mass is 10.1. The molecule has 2 rings (SSSR count). The van der Waals surface area contributed by atoms with Gasteiger partial charge < -0.3 is 0 Å². The topological polar surface area (TPSA) is 17.2 Å². The highest BCUT2D eigenvalue weighted by molar-refractivity contribution is 5.63. The van der Waals surface area contributed by atoms with Crippen LogP contribution in [0.15, 0.2) is 42.6 Å². The normalized spacial score (nSPS) is 9.60. The summed E-state index contributed by atoms with van der Waals surface area (Å²) in [5.74, 6) is 0. The van der Waals surface area contributed by atoms with Crippen LogP contribution in [0.3, 0.4) is 0 Å². The molecule has 1 aromatic heterocycles. The zero-order valence-corrected chi connectivity index (χ0v) is 8.44. The van der Waals surface area contributed by atoms with E-state index in [-0.39, 0.29) is 0 Å². The van der Waals surface area contributed by atoms with Gasteiger partial charge in [0, 0.05) is 6.20 Å². The van der Waals surface area contributed by atoms with Crippen molar-refractivity contribution in [1.29, 1.82) is 0 Å². The molecule has 0 aliphatic rings. The van der Waals surface area contributed by atoms with Gasteiger partial charge in [0.25, 0.3) is 0 Å². The van der Waals surface area contributed by atoms with Crippen molar-refractivity contribution in [2.45, 2.75) is 6.92 Å². The van der Waals surface area contributed by atoms with Gasteiger partial charge in [-0.2, -0.15) is 0 Å². The quantitative estimate of drug-likeness (QED) is 0.634. The van der Waals surface area contributed by atoms with E-state index in [1.807, 2.05) is 43.3 Å². The molecule has 0 atom stereocenters. The van der Waals surface area contributed by atoms with Crippen LogP contribution in [0.2, 0.25) is 0 Å². The Labute approximate surface area is 89.0 Å². The van der Waals surface area contributed by atoms with E-state index in [9.17, 15) is 0 Å². The average Bonchev–Trinajstić information content (AvgIpc) is 2.29. The van der Waals surface area contributed by atoms with Crippen molar-refractivity contribution in [2.24, 2.45) is 0 Å². The summed E-state index contributed by atoms with van der Waals surface area (Å²) in [5, 5.41) is 0. The zero-order chi connectivity index (χ0) is 10.7. The number of nitrogens with zero attached hydrogens (tertiary/aromatic N) is 2. The van der Waals surface area contributed by atoms with Crippen molar-refractivity contribution in [1.82, 2.24) is 4.98 Å². The minimum absolute atomic E-state index is 0.659. The molecule has 0 amide bonds. The predicted molar refractivity (Wildman–Crippen MR) is 60.7 cm³/mol. The van der Waals surface area contributed by atoms with Crippen LogP contribution in [0.5, 0.6) is 0 Å². The molecule has 2 aromatic rings. The second-order valence-corrected chi connectivity index (χ2v) is 3.38. The molecular weight excluding hydrogens is 184 g/mol. The summed E-state index contributed by atoms with van der Waals surface area (Å²) in [6, 6.07) is 11.5. The van der Waals surface area contributed by atoms with Crippen LogP contribution in [0.1, 0.15) is 5.56 Å². The maximum atomic E-state index is 6.86. The lowest BCUT2D eigenvalue weighted by molar-refractivity contribution is 1.29. The van der Waals surface area contributed by atoms with Gasteiger partial charge in [-0.05, 0) is 30.2 Å². The SMILES string of the molecule is [C-]#[N+]c1ccc(-c2cc(C)ccn2)cc1. The molecule has 0 saturated heterocycles. The monoisotopic (exact) mass is 194 g/mol. The molecule has 0 N–H and O–H groups in total. The molecule has 0 aliphatic heterocycles. The summed E-state index contributed by atoms with van der Waals surface area (Å²) < 4.78 is 0. The Hall–Kier alpha value is -2.14. The Morgan fingerprint density at radius 1 is 1.13 bits per heavy atom. The maximum absolute atomic E-state index is 6.86. The summed E-state index contributed by atoms with van der Waals surface area (Å²) in [6.45, 7) is 8.90. The number of pyridine rings is 1. The zero-order valence-electron chi connectivity index (χ0n) is 8.44. The van der Waals surface area contributed by atoms with Crippen LogP contribution >= 0.6 is 0 Å². The first-order valence-electron chi connectivity index (χ1n) is 4.70. The molecule has 2 nitrogen and oxygen atoms in total. The van der Waals surface area contributed by atoms with Crippen LogP contribution in [0.4, 0.5) is 5.69 Å². The molecule has 0 spiro atoms. The number of aromatic nitrogens is 1. The van der Waals surface area contributed by atoms with E-state index in [2.05, 4.69) is 9.83 Å². The van der Waals surface area contributed by atoms with Gasteiger partial charge in [-0.1, -0.05) is 24.3 Å². The van der Waals surface area contributed by atoms with E-state index in [4.69, 9.17) is 6.57 Å². The lowest BCUT2D eigenvalue weighted by Crippen LogP contribution is -1.83. The summed E-state index contributed by atoms with van der Waals surface area (Å²) in [4.78, 5) is 7.64. The highest BCUT2D eigenvalue weighted by Gasteiger charge is 1.98. The molecule has 72 valence electrons. The molecule has 0 radical (unpaired) electrons. The molecule has 0 fully saturated rings. The van der Waals surface area contributed by atoms with Crippen LogP contribution in [-0.2, 0) is 0 Å². The fourth-order valence-corrected chi connectivity index (χ4v) is 1.40. The van der Waals surface area contributed by atoms with Crippen molar-refractivity contribution in [3.63, 3.8) is 0 Å². The smallest absolute Gasteiger partial charge is 0.187 e. The standard InChI is InChI=1S/C13H10N2/c1-10-7-8-15-13(9-10)11-3-5-12(14-2)6-4-11/h3-9H,1H3. The van der Waals surface area contributed by atoms with Crippen LogP contribution in [0, 0.1) is 13.5 Å². The first kappa shape index (κ1) is 9.42. The first-order valence-corrected chi connectivity index (χ1v) is 4.70. The van der Waals surface area contributed by atoms with E-state index >= 15 is 0 Å². The van der Waals surface area contributed by atoms with E-state index in [1.165, 1.54) is 5.56 Å². The summed E-state index contributed by atoms with van der Waals surface area (Å²) >= 11 is 0. The van der Waals surface area contributed by atoms with Crippen molar-refractivity contribution in [3.8, 4) is 11.3 Å². The van der Waals surface area contributed by atoms with Crippen LogP contribution < -0.4 is 0 Å². The third-order valence-corrected chi connectivity index (χ3v) is 2.21. The fraction of sp³-hybridized carbons (Fsp3) is 0.0769. The van der Waals surface area contributed by atoms with Crippen LogP contribution in [-0.4, -0.2) is 4.98 Å². The number of hydrogen-bond donors (Lipinski definition) is 0. The van der Waals surface area contributed by atoms with E-state index < -0.39 is 0 Å². The minimum Gasteiger partial charge on any atom is -0.256 e. The van der Waals surface area contributed by atoms with Gasteiger partial charge in [-0.15, -0.1) is 0 Å². The van der Waals surface area contributed by atoms with Crippen molar-refractivity contribution >= 4 is 5.69 Å². The second-order valence-electron chi connectivity index (χ2n) is 3.38. The molecule has 0 bridgehead atoms. The van der Waals surface area contributed by atoms with Crippen LogP contribution in [0.25, 0.3) is 16.1 Å². The largest absolute Gasteiger partial charge is 0.256 e. The Kier molecular flexibility index (Phi) is 2.47. The third kappa shape index (κ3) is 2.03. The molecule has 0 saturated carbocycles. The molecular formula is C13H10N2. The minimum atomic E-state index is 0.659. The van der Waals surface area contributed by atoms with Gasteiger partial charge in [0.2, 0.25) is 0 Å². The van der Waals surface area contributed by atoms with Crippen molar-refractivity contribution in [3.05, 3.63) is 59.6 Å². The molecule has 0 unspecified atom stereocenters. The number of rotatable bonds is 1. The van der Waals surface area contributed by atoms with E-state index in [0.29, 0.717) is 5.69 Å². The van der Waals surface area contributed by atoms with Gasteiger partial charge in [0.1, 0.15) is 0 Å². The van der Waals surface area contributed by atoms with Crippen molar-refractivity contribution in [2.75, 3.05) is 0 Å². The van der Waals surface area contributed by atoms with E-state index in [0.717, 1.165) is 11.3 Å². The fourth-order valence-electron chi connectivity index (χ4n) is 1.40. The number of hydrogen-bond acceptors (Lipinski definition) is 1. The Morgan fingerprint density at radius 2 is 1.87 bits per heavy atom. The van der Waals surface area contributed by atoms with Gasteiger partial charge in [-0.25, -0.2) is 4.85 Å². The number of aryl methyl sites for hydroxylation is 1. The molecule has 1 heterocycles. The lowest BCUT2D eigenvalue weighted by Gasteiger charge is -2.01. The maximum Gasteiger partial charge on any atom is 0.187 e. The summed E-state index contributed by atoms with van der Waals surface area (Å²) in [5.41, 5.74) is 3.85. The van der Waals surface area contributed by atoms with Gasteiger partial charge >= 0.3 is 0 Å². The van der Waals surface area contributed by atoms with Gasteiger partial charge in [-0.3, -0.25) is 4.98 Å². The summed E-state index contributed by atoms with van der Waals surface area (Å²) in [6.07, 6.45) is 1.80. The number of benzene rings is 1. The Bertz CT molecular complexity index is 507. The Balaban J connectivity index is 2.42. The van der Waals surface area contributed by atoms with Gasteiger partial charge in [0.15, 0.2) is 5.69 Å². The molecule has 2 heteroatoms.